The van der Waals surface area contributed by atoms with Crippen molar-refractivity contribution < 1.29 is 9.47 Å². The molecule has 1 N–H and O–H groups in total. The Labute approximate surface area is 125 Å². The van der Waals surface area contributed by atoms with Crippen molar-refractivity contribution in [2.24, 2.45) is 0 Å². The van der Waals surface area contributed by atoms with E-state index >= 15 is 0 Å². The molecule has 1 aliphatic heterocycles. The first-order chi connectivity index (χ1) is 9.63. The van der Waals surface area contributed by atoms with E-state index in [0.29, 0.717) is 17.5 Å². The maximum atomic E-state index is 5.97. The third kappa shape index (κ3) is 2.59. The van der Waals surface area contributed by atoms with Crippen LogP contribution in [0.2, 0.25) is 10.4 Å². The molecule has 0 amide bonds. The zero-order chi connectivity index (χ0) is 14.1. The van der Waals surface area contributed by atoms with Gasteiger partial charge < -0.3 is 14.8 Å². The summed E-state index contributed by atoms with van der Waals surface area (Å²) in [6.07, 6.45) is 0. The third-order valence-corrected chi connectivity index (χ3v) is 3.49. The Morgan fingerprint density at radius 3 is 2.85 bits per heavy atom. The van der Waals surface area contributed by atoms with E-state index in [-0.39, 0.29) is 12.1 Å². The molecule has 0 saturated heterocycles. The Bertz CT molecular complexity index is 664. The van der Waals surface area contributed by atoms with Gasteiger partial charge in [0.25, 0.3) is 0 Å². The van der Waals surface area contributed by atoms with Crippen molar-refractivity contribution in [3.05, 3.63) is 39.8 Å². The first-order valence-corrected chi connectivity index (χ1v) is 6.71. The molecular weight excluding hydrogens is 301 g/mol. The maximum absolute atomic E-state index is 5.97. The highest BCUT2D eigenvalue weighted by Crippen LogP contribution is 2.32. The van der Waals surface area contributed by atoms with Gasteiger partial charge in [0.15, 0.2) is 11.5 Å². The van der Waals surface area contributed by atoms with Gasteiger partial charge in [-0.3, -0.25) is 0 Å². The minimum atomic E-state index is 0.119. The van der Waals surface area contributed by atoms with Crippen LogP contribution in [0.5, 0.6) is 11.5 Å². The molecule has 104 valence electrons. The van der Waals surface area contributed by atoms with Crippen LogP contribution in [-0.2, 0) is 6.54 Å². The Hall–Kier alpha value is -1.72. The summed E-state index contributed by atoms with van der Waals surface area (Å²) >= 11 is 11.8. The van der Waals surface area contributed by atoms with Crippen molar-refractivity contribution in [2.75, 3.05) is 12.1 Å². The van der Waals surface area contributed by atoms with Gasteiger partial charge in [-0.2, -0.15) is 0 Å². The summed E-state index contributed by atoms with van der Waals surface area (Å²) < 4.78 is 10.6. The zero-order valence-corrected chi connectivity index (χ0v) is 12.1. The predicted octanol–water partition coefficient (Wildman–Crippen LogP) is 3.43. The van der Waals surface area contributed by atoms with Gasteiger partial charge >= 0.3 is 0 Å². The lowest BCUT2D eigenvalue weighted by molar-refractivity contribution is 0.174. The number of hydrogen-bond donors (Lipinski definition) is 1. The average molecular weight is 312 g/mol. The topological polar surface area (TPSA) is 56.3 Å². The van der Waals surface area contributed by atoms with Gasteiger partial charge in [0.1, 0.15) is 11.0 Å². The normalized spacial score (nSPS) is 12.6. The summed E-state index contributed by atoms with van der Waals surface area (Å²) in [6, 6.07) is 5.77. The standard InChI is InChI=1S/C13H11Cl2N3O2/c1-7-11(14)17-13(15)18-12(7)16-5-8-2-3-9-10(4-8)20-6-19-9/h2-4H,5-6H2,1H3,(H,16,17,18). The SMILES string of the molecule is Cc1c(Cl)nc(Cl)nc1NCc1ccc2c(c1)OCO2. The van der Waals surface area contributed by atoms with Gasteiger partial charge in [0, 0.05) is 12.1 Å². The van der Waals surface area contributed by atoms with Crippen LogP contribution in [0.3, 0.4) is 0 Å². The summed E-state index contributed by atoms with van der Waals surface area (Å²) in [6.45, 7) is 2.67. The van der Waals surface area contributed by atoms with E-state index in [0.717, 1.165) is 22.6 Å². The van der Waals surface area contributed by atoms with E-state index in [4.69, 9.17) is 32.7 Å². The third-order valence-electron chi connectivity index (χ3n) is 2.96. The Morgan fingerprint density at radius 1 is 1.20 bits per heavy atom. The number of benzene rings is 1. The van der Waals surface area contributed by atoms with Crippen LogP contribution in [0.1, 0.15) is 11.1 Å². The minimum absolute atomic E-state index is 0.119. The molecule has 0 saturated carbocycles. The van der Waals surface area contributed by atoms with E-state index < -0.39 is 0 Å². The highest BCUT2D eigenvalue weighted by atomic mass is 35.5. The fourth-order valence-electron chi connectivity index (χ4n) is 1.87. The van der Waals surface area contributed by atoms with Crippen molar-refractivity contribution in [1.29, 1.82) is 0 Å². The number of halogens is 2. The van der Waals surface area contributed by atoms with Crippen LogP contribution in [0.15, 0.2) is 18.2 Å². The molecule has 0 spiro atoms. The van der Waals surface area contributed by atoms with Crippen LogP contribution >= 0.6 is 23.2 Å². The molecule has 2 heterocycles. The highest BCUT2D eigenvalue weighted by Gasteiger charge is 2.13. The second kappa shape index (κ2) is 5.34. The molecule has 0 radical (unpaired) electrons. The lowest BCUT2D eigenvalue weighted by Gasteiger charge is -2.10. The smallest absolute Gasteiger partial charge is 0.231 e. The number of ether oxygens (including phenoxy) is 2. The lowest BCUT2D eigenvalue weighted by atomic mass is 10.2. The van der Waals surface area contributed by atoms with E-state index in [2.05, 4.69) is 15.3 Å². The summed E-state index contributed by atoms with van der Waals surface area (Å²) in [5.41, 5.74) is 1.80. The molecule has 0 aliphatic carbocycles. The number of aromatic nitrogens is 2. The summed E-state index contributed by atoms with van der Waals surface area (Å²) in [5, 5.41) is 3.65. The number of nitrogens with zero attached hydrogens (tertiary/aromatic N) is 2. The summed E-state index contributed by atoms with van der Waals surface area (Å²) in [4.78, 5) is 8.00. The van der Waals surface area contributed by atoms with Crippen molar-refractivity contribution in [1.82, 2.24) is 9.97 Å². The first kappa shape index (κ1) is 13.3. The second-order valence-electron chi connectivity index (χ2n) is 4.30. The predicted molar refractivity (Wildman–Crippen MR) is 76.7 cm³/mol. The van der Waals surface area contributed by atoms with Crippen molar-refractivity contribution in [3.63, 3.8) is 0 Å². The van der Waals surface area contributed by atoms with Crippen LogP contribution in [0.25, 0.3) is 0 Å². The van der Waals surface area contributed by atoms with Gasteiger partial charge in [0.2, 0.25) is 12.1 Å². The van der Waals surface area contributed by atoms with Crippen LogP contribution in [0, 0.1) is 6.92 Å². The number of rotatable bonds is 3. The molecule has 2 aromatic rings. The first-order valence-electron chi connectivity index (χ1n) is 5.95. The maximum Gasteiger partial charge on any atom is 0.231 e. The molecule has 1 aromatic carbocycles. The fraction of sp³-hybridized carbons (Fsp3) is 0.231. The Morgan fingerprint density at radius 2 is 2.00 bits per heavy atom. The zero-order valence-electron chi connectivity index (χ0n) is 10.6. The monoisotopic (exact) mass is 311 g/mol. The number of fused-ring (bicyclic) bond motifs is 1. The minimum Gasteiger partial charge on any atom is -0.454 e. The fourth-order valence-corrected chi connectivity index (χ4v) is 2.25. The molecule has 3 rings (SSSR count). The van der Waals surface area contributed by atoms with Crippen LogP contribution < -0.4 is 14.8 Å². The molecule has 0 bridgehead atoms. The van der Waals surface area contributed by atoms with Gasteiger partial charge in [-0.15, -0.1) is 0 Å². The van der Waals surface area contributed by atoms with E-state index in [1.54, 1.807) is 0 Å². The summed E-state index contributed by atoms with van der Waals surface area (Å²) in [5.74, 6) is 2.13. The van der Waals surface area contributed by atoms with Gasteiger partial charge in [-0.25, -0.2) is 9.97 Å². The molecule has 1 aromatic heterocycles. The Kier molecular flexibility index (Phi) is 3.54. The molecule has 20 heavy (non-hydrogen) atoms. The van der Waals surface area contributed by atoms with Gasteiger partial charge in [0.05, 0.1) is 0 Å². The molecule has 1 aliphatic rings. The van der Waals surface area contributed by atoms with Crippen LogP contribution in [0.4, 0.5) is 5.82 Å². The quantitative estimate of drug-likeness (QED) is 0.695. The lowest BCUT2D eigenvalue weighted by Crippen LogP contribution is -2.04. The van der Waals surface area contributed by atoms with Crippen LogP contribution in [-0.4, -0.2) is 16.8 Å². The van der Waals surface area contributed by atoms with E-state index in [1.165, 1.54) is 0 Å². The molecule has 0 unspecified atom stereocenters. The van der Waals surface area contributed by atoms with Crippen molar-refractivity contribution in [3.8, 4) is 11.5 Å². The van der Waals surface area contributed by atoms with E-state index in [1.807, 2.05) is 25.1 Å². The molecule has 5 nitrogen and oxygen atoms in total. The Balaban J connectivity index is 1.77. The second-order valence-corrected chi connectivity index (χ2v) is 4.99. The molecular formula is C13H11Cl2N3O2. The largest absolute Gasteiger partial charge is 0.454 e. The van der Waals surface area contributed by atoms with Gasteiger partial charge in [-0.05, 0) is 36.2 Å². The molecule has 7 heteroatoms. The highest BCUT2D eigenvalue weighted by molar-refractivity contribution is 6.32. The summed E-state index contributed by atoms with van der Waals surface area (Å²) in [7, 11) is 0. The van der Waals surface area contributed by atoms with Crippen molar-refractivity contribution in [2.45, 2.75) is 13.5 Å². The molecule has 0 atom stereocenters. The molecule has 0 fully saturated rings. The number of nitrogens with one attached hydrogen (secondary N) is 1. The van der Waals surface area contributed by atoms with Gasteiger partial charge in [-0.1, -0.05) is 17.7 Å². The van der Waals surface area contributed by atoms with E-state index in [9.17, 15) is 0 Å². The van der Waals surface area contributed by atoms with Crippen molar-refractivity contribution >= 4 is 29.0 Å². The number of anilines is 1. The number of hydrogen-bond acceptors (Lipinski definition) is 5. The average Bonchev–Trinajstić information content (AvgIpc) is 2.88.